The van der Waals surface area contributed by atoms with E-state index in [-0.39, 0.29) is 0 Å². The number of hydrogen-bond acceptors (Lipinski definition) is 8. The van der Waals surface area contributed by atoms with E-state index in [1.165, 1.54) is 0 Å². The van der Waals surface area contributed by atoms with E-state index in [0.717, 1.165) is 47.3 Å². The Hall–Kier alpha value is -1.58. The number of nitrogens with zero attached hydrogens (tertiary/aromatic N) is 3. The van der Waals surface area contributed by atoms with Crippen molar-refractivity contribution in [3.63, 3.8) is 0 Å². The number of aromatic nitrogens is 1. The topological polar surface area (TPSA) is 71.2 Å². The van der Waals surface area contributed by atoms with Crippen LogP contribution in [0.5, 0.6) is 0 Å². The highest BCUT2D eigenvalue weighted by Crippen LogP contribution is 2.33. The van der Waals surface area contributed by atoms with Crippen molar-refractivity contribution < 1.29 is 19.1 Å². The van der Waals surface area contributed by atoms with Crippen LogP contribution in [0.3, 0.4) is 0 Å². The first kappa shape index (κ1) is 25.1. The highest BCUT2D eigenvalue weighted by atomic mass is 32.2. The fourth-order valence-corrected chi connectivity index (χ4v) is 4.65. The smallest absolute Gasteiger partial charge is 0.232 e. The van der Waals surface area contributed by atoms with Gasteiger partial charge >= 0.3 is 0 Å². The van der Waals surface area contributed by atoms with Gasteiger partial charge in [-0.05, 0) is 5.92 Å². The Morgan fingerprint density at radius 2 is 1.94 bits per heavy atom. The van der Waals surface area contributed by atoms with E-state index in [1.54, 1.807) is 7.11 Å². The summed E-state index contributed by atoms with van der Waals surface area (Å²) in [7, 11) is 1.70. The molecular formula is C24H37N3O4S. The molecule has 2 heterocycles. The molecule has 1 aliphatic heterocycles. The lowest BCUT2D eigenvalue weighted by Gasteiger charge is -2.29. The molecule has 1 aromatic heterocycles. The largest absolute Gasteiger partial charge is 0.389 e. The third kappa shape index (κ3) is 7.49. The van der Waals surface area contributed by atoms with Gasteiger partial charge < -0.3 is 24.0 Å². The summed E-state index contributed by atoms with van der Waals surface area (Å²) < 4.78 is 16.9. The summed E-state index contributed by atoms with van der Waals surface area (Å²) in [4.78, 5) is 4.50. The number of aliphatic hydroxyl groups is 1. The van der Waals surface area contributed by atoms with Gasteiger partial charge in [-0.3, -0.25) is 4.90 Å². The highest BCUT2D eigenvalue weighted by Gasteiger charge is 2.26. The Kier molecular flexibility index (Phi) is 10.3. The lowest BCUT2D eigenvalue weighted by molar-refractivity contribution is 0.00338. The van der Waals surface area contributed by atoms with Crippen LogP contribution in [0.15, 0.2) is 34.9 Å². The van der Waals surface area contributed by atoms with Crippen LogP contribution in [-0.2, 0) is 16.0 Å². The van der Waals surface area contributed by atoms with E-state index < -0.39 is 6.10 Å². The molecule has 1 N–H and O–H groups in total. The van der Waals surface area contributed by atoms with Gasteiger partial charge in [0.05, 0.1) is 24.9 Å². The molecule has 3 rings (SSSR count). The lowest BCUT2D eigenvalue weighted by Crippen LogP contribution is -2.38. The average molecular weight is 464 g/mol. The monoisotopic (exact) mass is 463 g/mol. The molecule has 178 valence electrons. The molecule has 0 radical (unpaired) electrons. The predicted octanol–water partition coefficient (Wildman–Crippen LogP) is 3.38. The summed E-state index contributed by atoms with van der Waals surface area (Å²) in [5.41, 5.74) is 2.97. The van der Waals surface area contributed by atoms with E-state index in [4.69, 9.17) is 14.0 Å². The molecule has 0 spiro atoms. The Morgan fingerprint density at radius 3 is 2.62 bits per heavy atom. The number of methoxy groups -OCH3 is 1. The fraction of sp³-hybridized carbons (Fsp3) is 0.625. The maximum absolute atomic E-state index is 10.6. The summed E-state index contributed by atoms with van der Waals surface area (Å²) in [5, 5.41) is 15.1. The number of benzene rings is 1. The van der Waals surface area contributed by atoms with Crippen molar-refractivity contribution in [1.82, 2.24) is 10.1 Å². The Morgan fingerprint density at radius 1 is 1.19 bits per heavy atom. The molecule has 0 aliphatic carbocycles. The summed E-state index contributed by atoms with van der Waals surface area (Å²) >= 11 is 1.97. The molecule has 1 aromatic carbocycles. The normalized spacial score (nSPS) is 15.6. The van der Waals surface area contributed by atoms with Crippen molar-refractivity contribution in [2.45, 2.75) is 26.5 Å². The van der Waals surface area contributed by atoms with E-state index >= 15 is 0 Å². The van der Waals surface area contributed by atoms with Crippen molar-refractivity contribution >= 4 is 17.6 Å². The van der Waals surface area contributed by atoms with Crippen molar-refractivity contribution in [3.8, 4) is 11.3 Å². The number of rotatable bonds is 13. The fourth-order valence-electron chi connectivity index (χ4n) is 3.75. The zero-order chi connectivity index (χ0) is 22.8. The number of thioether (sulfide) groups is 1. The van der Waals surface area contributed by atoms with Crippen molar-refractivity contribution in [1.29, 1.82) is 0 Å². The van der Waals surface area contributed by atoms with Crippen LogP contribution in [0.4, 0.5) is 5.88 Å². The van der Waals surface area contributed by atoms with Gasteiger partial charge in [0.25, 0.3) is 0 Å². The maximum Gasteiger partial charge on any atom is 0.232 e. The second-order valence-electron chi connectivity index (χ2n) is 8.59. The molecule has 1 aliphatic rings. The van der Waals surface area contributed by atoms with Crippen molar-refractivity contribution in [3.05, 3.63) is 35.9 Å². The summed E-state index contributed by atoms with van der Waals surface area (Å²) in [6.45, 7) is 9.49. The molecule has 1 atom stereocenters. The summed E-state index contributed by atoms with van der Waals surface area (Å²) in [6, 6.07) is 10.2. The SMILES string of the molecule is COCCN(Cc1c(-c2ccccc2)noc1N1CCSCC1)C[C@@H](O)COCC(C)C. The first-order valence-electron chi connectivity index (χ1n) is 11.4. The molecule has 7 nitrogen and oxygen atoms in total. The van der Waals surface area contributed by atoms with Crippen LogP contribution >= 0.6 is 11.8 Å². The molecule has 0 bridgehead atoms. The molecular weight excluding hydrogens is 426 g/mol. The van der Waals surface area contributed by atoms with Gasteiger partial charge in [0.15, 0.2) is 0 Å². The Labute approximate surface area is 196 Å². The first-order valence-corrected chi connectivity index (χ1v) is 12.6. The molecule has 0 saturated carbocycles. The second kappa shape index (κ2) is 13.2. The predicted molar refractivity (Wildman–Crippen MR) is 130 cm³/mol. The van der Waals surface area contributed by atoms with E-state index in [9.17, 15) is 5.11 Å². The second-order valence-corrected chi connectivity index (χ2v) is 9.82. The summed E-state index contributed by atoms with van der Waals surface area (Å²) in [5.74, 6) is 3.46. The van der Waals surface area contributed by atoms with Gasteiger partial charge in [-0.15, -0.1) is 0 Å². The molecule has 0 unspecified atom stereocenters. The lowest BCUT2D eigenvalue weighted by atomic mass is 10.1. The van der Waals surface area contributed by atoms with Crippen molar-refractivity contribution in [2.24, 2.45) is 5.92 Å². The van der Waals surface area contributed by atoms with Gasteiger partial charge in [0, 0.05) is 63.5 Å². The van der Waals surface area contributed by atoms with Gasteiger partial charge in [-0.1, -0.05) is 49.3 Å². The number of anilines is 1. The van der Waals surface area contributed by atoms with E-state index in [2.05, 4.69) is 40.9 Å². The molecule has 8 heteroatoms. The highest BCUT2D eigenvalue weighted by molar-refractivity contribution is 7.99. The molecule has 0 amide bonds. The third-order valence-corrected chi connectivity index (χ3v) is 6.28. The van der Waals surface area contributed by atoms with Crippen LogP contribution in [0.25, 0.3) is 11.3 Å². The number of aliphatic hydroxyl groups excluding tert-OH is 1. The van der Waals surface area contributed by atoms with Gasteiger partial charge in [-0.2, -0.15) is 11.8 Å². The number of hydrogen-bond donors (Lipinski definition) is 1. The van der Waals surface area contributed by atoms with Crippen LogP contribution in [0, 0.1) is 5.92 Å². The summed E-state index contributed by atoms with van der Waals surface area (Å²) in [6.07, 6.45) is -0.569. The minimum atomic E-state index is -0.569. The molecule has 1 saturated heterocycles. The minimum absolute atomic E-state index is 0.326. The quantitative estimate of drug-likeness (QED) is 0.485. The third-order valence-electron chi connectivity index (χ3n) is 5.34. The minimum Gasteiger partial charge on any atom is -0.389 e. The van der Waals surface area contributed by atoms with Gasteiger partial charge in [-0.25, -0.2) is 0 Å². The maximum atomic E-state index is 10.6. The van der Waals surface area contributed by atoms with Crippen LogP contribution in [0.2, 0.25) is 0 Å². The zero-order valence-corrected chi connectivity index (χ0v) is 20.4. The average Bonchev–Trinajstić information content (AvgIpc) is 3.21. The van der Waals surface area contributed by atoms with E-state index in [1.807, 2.05) is 30.0 Å². The van der Waals surface area contributed by atoms with Gasteiger partial charge in [0.2, 0.25) is 5.88 Å². The van der Waals surface area contributed by atoms with Crippen LogP contribution < -0.4 is 4.90 Å². The van der Waals surface area contributed by atoms with Crippen LogP contribution in [0.1, 0.15) is 19.4 Å². The Balaban J connectivity index is 1.80. The van der Waals surface area contributed by atoms with Crippen LogP contribution in [-0.4, -0.2) is 85.9 Å². The Bertz CT molecular complexity index is 781. The first-order chi connectivity index (χ1) is 15.6. The van der Waals surface area contributed by atoms with E-state index in [0.29, 0.717) is 45.4 Å². The van der Waals surface area contributed by atoms with Gasteiger partial charge in [0.1, 0.15) is 5.69 Å². The molecule has 2 aromatic rings. The molecule has 32 heavy (non-hydrogen) atoms. The molecule has 1 fully saturated rings. The zero-order valence-electron chi connectivity index (χ0n) is 19.5. The standard InChI is InChI=1S/C24H37N3O4S/c1-19(2)17-30-18-21(28)15-26(9-12-29-3)16-22-23(20-7-5-4-6-8-20)25-31-24(22)27-10-13-32-14-11-27/h4-8,19,21,28H,9-18H2,1-3H3/t21-/m1/s1. The number of ether oxygens (including phenoxy) is 2. The van der Waals surface area contributed by atoms with Crippen molar-refractivity contribution in [2.75, 3.05) is 69.5 Å².